The lowest BCUT2D eigenvalue weighted by Crippen LogP contribution is -2.24. The number of nitrogens with one attached hydrogen (secondary N) is 1. The molecule has 0 aliphatic carbocycles. The molecule has 0 spiro atoms. The van der Waals surface area contributed by atoms with Gasteiger partial charge in [0.1, 0.15) is 5.82 Å². The molecule has 0 aliphatic heterocycles. The van der Waals surface area contributed by atoms with Gasteiger partial charge < -0.3 is 9.88 Å². The highest BCUT2D eigenvalue weighted by Crippen LogP contribution is 2.19. The molecule has 132 valence electrons. The Morgan fingerprint density at radius 3 is 2.84 bits per heavy atom. The molecule has 0 saturated heterocycles. The largest absolute Gasteiger partial charge is 0.351 e. The fourth-order valence-corrected chi connectivity index (χ4v) is 3.54. The molecule has 5 heteroatoms. The van der Waals surface area contributed by atoms with Crippen molar-refractivity contribution in [3.8, 4) is 0 Å². The van der Waals surface area contributed by atoms with Crippen molar-refractivity contribution in [3.05, 3.63) is 52.5 Å². The number of carbonyl (C=O) groups excluding carboxylic acids is 1. The van der Waals surface area contributed by atoms with Gasteiger partial charge in [0.05, 0.1) is 15.9 Å². The minimum absolute atomic E-state index is 0.0170. The molecule has 2 heterocycles. The fraction of sp³-hybridized carbons (Fsp3) is 0.400. The number of para-hydroxylation sites is 2. The third-order valence-electron chi connectivity index (χ3n) is 4.27. The van der Waals surface area contributed by atoms with Crippen LogP contribution in [0, 0.1) is 5.92 Å². The molecule has 0 unspecified atom stereocenters. The van der Waals surface area contributed by atoms with Crippen molar-refractivity contribution in [1.29, 1.82) is 0 Å². The number of thiophene rings is 1. The van der Waals surface area contributed by atoms with Crippen LogP contribution in [0.1, 0.15) is 42.2 Å². The normalized spacial score (nSPS) is 11.3. The van der Waals surface area contributed by atoms with Gasteiger partial charge in [-0.05, 0) is 42.3 Å². The lowest BCUT2D eigenvalue weighted by atomic mass is 10.1. The minimum Gasteiger partial charge on any atom is -0.351 e. The van der Waals surface area contributed by atoms with E-state index in [1.807, 2.05) is 23.6 Å². The molecule has 1 aromatic carbocycles. The standard InChI is InChI=1S/C20H25N3OS/c1-15(2)11-13-23-17-8-4-3-7-16(17)22-19(23)10-5-12-21-20(24)18-9-6-14-25-18/h3-4,6-9,14-15H,5,10-13H2,1-2H3,(H,21,24). The molecular formula is C20H25N3OS. The van der Waals surface area contributed by atoms with Crippen molar-refractivity contribution >= 4 is 28.3 Å². The number of hydrogen-bond acceptors (Lipinski definition) is 3. The quantitative estimate of drug-likeness (QED) is 0.605. The van der Waals surface area contributed by atoms with Gasteiger partial charge in [-0.1, -0.05) is 32.0 Å². The summed E-state index contributed by atoms with van der Waals surface area (Å²) in [7, 11) is 0. The highest BCUT2D eigenvalue weighted by atomic mass is 32.1. The summed E-state index contributed by atoms with van der Waals surface area (Å²) in [6.07, 6.45) is 2.90. The molecule has 1 N–H and O–H groups in total. The fourth-order valence-electron chi connectivity index (χ4n) is 2.90. The number of rotatable bonds is 8. The first kappa shape index (κ1) is 17.7. The Balaban J connectivity index is 1.62. The van der Waals surface area contributed by atoms with Gasteiger partial charge in [-0.15, -0.1) is 11.3 Å². The average Bonchev–Trinajstić information content (AvgIpc) is 3.24. The monoisotopic (exact) mass is 355 g/mol. The molecule has 25 heavy (non-hydrogen) atoms. The first-order chi connectivity index (χ1) is 12.1. The van der Waals surface area contributed by atoms with Crippen LogP contribution in [0.15, 0.2) is 41.8 Å². The molecule has 2 aromatic heterocycles. The van der Waals surface area contributed by atoms with Gasteiger partial charge in [0.2, 0.25) is 0 Å². The SMILES string of the molecule is CC(C)CCn1c(CCCNC(=O)c2cccs2)nc2ccccc21. The van der Waals surface area contributed by atoms with Gasteiger partial charge in [-0.2, -0.15) is 0 Å². The third kappa shape index (κ3) is 4.48. The van der Waals surface area contributed by atoms with E-state index < -0.39 is 0 Å². The Bertz CT molecular complexity index is 821. The Morgan fingerprint density at radius 2 is 2.08 bits per heavy atom. The smallest absolute Gasteiger partial charge is 0.261 e. The summed E-state index contributed by atoms with van der Waals surface area (Å²) in [5, 5.41) is 4.92. The maximum Gasteiger partial charge on any atom is 0.261 e. The maximum absolute atomic E-state index is 12.0. The van der Waals surface area contributed by atoms with E-state index in [9.17, 15) is 4.79 Å². The molecule has 3 aromatic rings. The number of fused-ring (bicyclic) bond motifs is 1. The van der Waals surface area contributed by atoms with Crippen LogP contribution in [0.25, 0.3) is 11.0 Å². The number of nitrogens with zero attached hydrogens (tertiary/aromatic N) is 2. The Kier molecular flexibility index (Phi) is 5.87. The zero-order valence-corrected chi connectivity index (χ0v) is 15.7. The van der Waals surface area contributed by atoms with E-state index >= 15 is 0 Å². The third-order valence-corrected chi connectivity index (χ3v) is 5.14. The van der Waals surface area contributed by atoms with Crippen molar-refractivity contribution in [2.75, 3.05) is 6.54 Å². The van der Waals surface area contributed by atoms with Gasteiger partial charge in [-0.25, -0.2) is 4.98 Å². The molecule has 0 bridgehead atoms. The lowest BCUT2D eigenvalue weighted by molar-refractivity contribution is 0.0957. The van der Waals surface area contributed by atoms with Gasteiger partial charge >= 0.3 is 0 Å². The summed E-state index contributed by atoms with van der Waals surface area (Å²) in [6, 6.07) is 12.1. The van der Waals surface area contributed by atoms with Crippen LogP contribution in [-0.2, 0) is 13.0 Å². The van der Waals surface area contributed by atoms with Crippen LogP contribution < -0.4 is 5.32 Å². The average molecular weight is 356 g/mol. The van der Waals surface area contributed by atoms with Crippen LogP contribution in [0.3, 0.4) is 0 Å². The van der Waals surface area contributed by atoms with Crippen LogP contribution >= 0.6 is 11.3 Å². The van der Waals surface area contributed by atoms with E-state index in [0.29, 0.717) is 12.5 Å². The van der Waals surface area contributed by atoms with E-state index in [2.05, 4.69) is 41.9 Å². The summed E-state index contributed by atoms with van der Waals surface area (Å²) in [5.74, 6) is 1.80. The van der Waals surface area contributed by atoms with E-state index in [-0.39, 0.29) is 5.91 Å². The number of aryl methyl sites for hydroxylation is 2. The van der Waals surface area contributed by atoms with Crippen molar-refractivity contribution in [2.24, 2.45) is 5.92 Å². The number of amides is 1. The predicted octanol–water partition coefficient (Wildman–Crippen LogP) is 4.51. The highest BCUT2D eigenvalue weighted by molar-refractivity contribution is 7.12. The van der Waals surface area contributed by atoms with Gasteiger partial charge in [0.15, 0.2) is 0 Å². The number of aromatic nitrogens is 2. The molecule has 0 radical (unpaired) electrons. The molecule has 0 fully saturated rings. The first-order valence-corrected chi connectivity index (χ1v) is 9.79. The Hall–Kier alpha value is -2.14. The summed E-state index contributed by atoms with van der Waals surface area (Å²) in [5.41, 5.74) is 2.27. The molecule has 3 rings (SSSR count). The van der Waals surface area contributed by atoms with Crippen LogP contribution in [0.5, 0.6) is 0 Å². The summed E-state index contributed by atoms with van der Waals surface area (Å²) < 4.78 is 2.34. The Morgan fingerprint density at radius 1 is 1.24 bits per heavy atom. The van der Waals surface area contributed by atoms with Gasteiger partial charge in [0, 0.05) is 19.5 Å². The number of imidazole rings is 1. The molecular weight excluding hydrogens is 330 g/mol. The zero-order chi connectivity index (χ0) is 17.6. The maximum atomic E-state index is 12.0. The van der Waals surface area contributed by atoms with E-state index in [1.165, 1.54) is 16.9 Å². The highest BCUT2D eigenvalue weighted by Gasteiger charge is 2.11. The van der Waals surface area contributed by atoms with Gasteiger partial charge in [0.25, 0.3) is 5.91 Å². The second-order valence-electron chi connectivity index (χ2n) is 6.69. The van der Waals surface area contributed by atoms with Crippen molar-refractivity contribution in [1.82, 2.24) is 14.9 Å². The van der Waals surface area contributed by atoms with E-state index in [0.717, 1.165) is 42.0 Å². The second-order valence-corrected chi connectivity index (χ2v) is 7.64. The molecule has 0 atom stereocenters. The van der Waals surface area contributed by atoms with Gasteiger partial charge in [-0.3, -0.25) is 4.79 Å². The van der Waals surface area contributed by atoms with Crippen molar-refractivity contribution in [2.45, 2.75) is 39.7 Å². The van der Waals surface area contributed by atoms with E-state index in [1.54, 1.807) is 0 Å². The summed E-state index contributed by atoms with van der Waals surface area (Å²) in [6.45, 7) is 6.16. The van der Waals surface area contributed by atoms with Crippen LogP contribution in [0.2, 0.25) is 0 Å². The zero-order valence-electron chi connectivity index (χ0n) is 14.9. The van der Waals surface area contributed by atoms with Crippen LogP contribution in [0.4, 0.5) is 0 Å². The predicted molar refractivity (Wildman–Crippen MR) is 104 cm³/mol. The number of carbonyl (C=O) groups is 1. The minimum atomic E-state index is 0.0170. The lowest BCUT2D eigenvalue weighted by Gasteiger charge is -2.11. The molecule has 0 saturated carbocycles. The van der Waals surface area contributed by atoms with Crippen LogP contribution in [-0.4, -0.2) is 22.0 Å². The molecule has 1 amide bonds. The molecule has 0 aliphatic rings. The second kappa shape index (κ2) is 8.30. The molecule has 4 nitrogen and oxygen atoms in total. The van der Waals surface area contributed by atoms with Crippen molar-refractivity contribution < 1.29 is 4.79 Å². The Labute approximate surface area is 152 Å². The first-order valence-electron chi connectivity index (χ1n) is 8.91. The summed E-state index contributed by atoms with van der Waals surface area (Å²) >= 11 is 1.47. The topological polar surface area (TPSA) is 46.9 Å². The summed E-state index contributed by atoms with van der Waals surface area (Å²) in [4.78, 5) is 17.6. The van der Waals surface area contributed by atoms with Crippen molar-refractivity contribution in [3.63, 3.8) is 0 Å². The number of hydrogen-bond donors (Lipinski definition) is 1. The van der Waals surface area contributed by atoms with E-state index in [4.69, 9.17) is 4.98 Å². The number of benzene rings is 1.